The van der Waals surface area contributed by atoms with Crippen LogP contribution in [0.1, 0.15) is 326 Å². The van der Waals surface area contributed by atoms with Crippen molar-refractivity contribution in [1.82, 2.24) is 0 Å². The fraction of sp³-hybridized carbons (Fsp3) is 1.00. The molecular formula is C75H159CrSi6. The summed E-state index contributed by atoms with van der Waals surface area (Å²) < 4.78 is 0. The summed E-state index contributed by atoms with van der Waals surface area (Å²) in [4.78, 5) is 0. The van der Waals surface area contributed by atoms with Crippen molar-refractivity contribution < 1.29 is 14.1 Å². The maximum absolute atomic E-state index is 2.89. The molecule has 3 aliphatic carbocycles. The zero-order valence-corrected chi connectivity index (χ0v) is 70.9. The Bertz CT molecular complexity index is 1560. The molecule has 0 aromatic carbocycles. The molecule has 0 aromatic heterocycles. The van der Waals surface area contributed by atoms with E-state index in [9.17, 15) is 0 Å². The molecule has 3 saturated carbocycles. The van der Waals surface area contributed by atoms with E-state index in [0.717, 1.165) is 116 Å². The van der Waals surface area contributed by atoms with Crippen molar-refractivity contribution in [3.8, 4) is 0 Å². The van der Waals surface area contributed by atoms with Crippen LogP contribution in [0, 0.1) is 0 Å². The van der Waals surface area contributed by atoms with Gasteiger partial charge in [0.1, 0.15) is 0 Å². The van der Waals surface area contributed by atoms with Gasteiger partial charge in [-0.05, 0) is 0 Å². The Morgan fingerprint density at radius 1 is 0.232 bits per heavy atom. The van der Waals surface area contributed by atoms with Crippen molar-refractivity contribution in [2.45, 2.75) is 474 Å². The Morgan fingerprint density at radius 3 is 0.500 bits per heavy atom. The number of hydrogen-bond acceptors (Lipinski definition) is 0. The molecular weight excluding hydrogens is 1120 g/mol. The zero-order valence-electron chi connectivity index (χ0n) is 63.6. The van der Waals surface area contributed by atoms with Gasteiger partial charge in [0, 0.05) is 0 Å². The monoisotopic (exact) mass is 1280 g/mol. The molecule has 3 aliphatic rings. The van der Waals surface area contributed by atoms with Crippen LogP contribution < -0.4 is 0 Å². The summed E-state index contributed by atoms with van der Waals surface area (Å²) in [7, 11) is -12.5. The molecule has 0 heterocycles. The fourth-order valence-electron chi connectivity index (χ4n) is 30.4. The van der Waals surface area contributed by atoms with Crippen molar-refractivity contribution in [1.29, 1.82) is 0 Å². The van der Waals surface area contributed by atoms with Gasteiger partial charge in [-0.25, -0.2) is 0 Å². The quantitative estimate of drug-likeness (QED) is 0.0629. The SMILES string of the molecule is CC(C)[Si](C(C)C)(C(C)C)C1CCCCC1([CH2][Cr]([CH2]C1([Si](C(C)C)(C(C)C)C(C)C)CCCCC1[Si](C(C)C)(C(C)C)C(C)C)[CH2]C1([Si](C(C)C)(C(C)C)C(C)C)CCCCC1[Si](C(C)C)(C(C)C)C(C)C)[Si](C(C)C)(C(C)C)C(C)C. The van der Waals surface area contributed by atoms with Crippen LogP contribution in [0.3, 0.4) is 0 Å². The molecule has 0 bridgehead atoms. The summed E-state index contributed by atoms with van der Waals surface area (Å²) in [5, 5.41) is 6.61. The average Bonchev–Trinajstić information content (AvgIpc) is 3.29. The van der Waals surface area contributed by atoms with Crippen LogP contribution in [0.25, 0.3) is 0 Å². The van der Waals surface area contributed by atoms with Gasteiger partial charge in [0.2, 0.25) is 0 Å². The number of rotatable bonds is 30. The molecule has 0 saturated heterocycles. The molecule has 7 heteroatoms. The molecule has 3 rings (SSSR count). The molecule has 3 fully saturated rings. The predicted molar refractivity (Wildman–Crippen MR) is 395 cm³/mol. The predicted octanol–water partition coefficient (Wildman–Crippen LogP) is 30.0. The molecule has 489 valence electrons. The molecule has 0 aliphatic heterocycles. The van der Waals surface area contributed by atoms with Gasteiger partial charge in [0.25, 0.3) is 0 Å². The summed E-state index contributed by atoms with van der Waals surface area (Å²) in [6, 6.07) is 0. The molecule has 0 radical (unpaired) electrons. The van der Waals surface area contributed by atoms with Crippen LogP contribution in [-0.2, 0) is 14.1 Å². The van der Waals surface area contributed by atoms with Crippen LogP contribution in [0.2, 0.25) is 147 Å². The molecule has 6 atom stereocenters. The minimum absolute atomic E-state index is 0.481. The van der Waals surface area contributed by atoms with E-state index in [1.54, 1.807) is 54.4 Å². The van der Waals surface area contributed by atoms with Gasteiger partial charge in [-0.15, -0.1) is 0 Å². The van der Waals surface area contributed by atoms with Crippen LogP contribution >= 0.6 is 0 Å². The van der Waals surface area contributed by atoms with Gasteiger partial charge in [-0.2, -0.15) is 0 Å². The van der Waals surface area contributed by atoms with Crippen LogP contribution in [-0.4, -0.2) is 48.4 Å². The van der Waals surface area contributed by atoms with Crippen molar-refractivity contribution in [2.24, 2.45) is 0 Å². The van der Waals surface area contributed by atoms with Crippen LogP contribution in [0.5, 0.6) is 0 Å². The molecule has 0 nitrogen and oxygen atoms in total. The van der Waals surface area contributed by atoms with E-state index in [1.807, 2.05) is 0 Å². The second-order valence-electron chi connectivity index (χ2n) is 36.5. The first-order valence-electron chi connectivity index (χ1n) is 37.2. The first-order chi connectivity index (χ1) is 37.5. The topological polar surface area (TPSA) is 0 Å². The summed E-state index contributed by atoms with van der Waals surface area (Å²) in [6.07, 6.45) is 18.4. The van der Waals surface area contributed by atoms with Crippen LogP contribution in [0.15, 0.2) is 0 Å². The third-order valence-corrected chi connectivity index (χ3v) is 84.8. The Kier molecular flexibility index (Phi) is 28.2. The summed E-state index contributed by atoms with van der Waals surface area (Å²) in [5.41, 5.74) is 17.2. The van der Waals surface area contributed by atoms with Gasteiger partial charge in [-0.1, -0.05) is 0 Å². The third kappa shape index (κ3) is 11.9. The molecule has 82 heavy (non-hydrogen) atoms. The Hall–Kier alpha value is 1.83. The van der Waals surface area contributed by atoms with Gasteiger partial charge in [0.15, 0.2) is 0 Å². The van der Waals surface area contributed by atoms with Crippen molar-refractivity contribution in [2.75, 3.05) is 0 Å². The number of hydrogen-bond donors (Lipinski definition) is 0. The summed E-state index contributed by atoms with van der Waals surface area (Å²) in [5.74, 6) is 0. The van der Waals surface area contributed by atoms with E-state index in [2.05, 4.69) is 249 Å². The summed E-state index contributed by atoms with van der Waals surface area (Å²) in [6.45, 7) is 103. The van der Waals surface area contributed by atoms with Crippen molar-refractivity contribution in [3.05, 3.63) is 0 Å². The van der Waals surface area contributed by atoms with Gasteiger partial charge in [-0.3, -0.25) is 0 Å². The third-order valence-electron chi connectivity index (χ3n) is 29.5. The minimum atomic E-state index is -2.16. The van der Waals surface area contributed by atoms with Crippen molar-refractivity contribution >= 4 is 48.4 Å². The Labute approximate surface area is 532 Å². The average molecular weight is 1280 g/mol. The molecule has 0 aromatic rings. The standard InChI is InChI=1S/3C25H53Si2.Cr/c3*1-18(2)26(19(3)4,20(5)6)24-16-14-15-17-25(24,13)27(21(7)8,22(9)10)23(11)12;/h3*18-24H,13-17H2,1-12H3;. The van der Waals surface area contributed by atoms with Crippen LogP contribution in [0.4, 0.5) is 0 Å². The zero-order chi connectivity index (χ0) is 63.8. The second-order valence-corrected chi connectivity index (χ2v) is 77.2. The van der Waals surface area contributed by atoms with E-state index in [4.69, 9.17) is 0 Å². The molecule has 0 N–H and O–H groups in total. The molecule has 0 amide bonds. The van der Waals surface area contributed by atoms with E-state index in [-0.39, 0.29) is 0 Å². The molecule has 0 spiro atoms. The Morgan fingerprint density at radius 2 is 0.378 bits per heavy atom. The van der Waals surface area contributed by atoms with Gasteiger partial charge >= 0.3 is 536 Å². The van der Waals surface area contributed by atoms with Crippen molar-refractivity contribution in [3.63, 3.8) is 0 Å². The van der Waals surface area contributed by atoms with Gasteiger partial charge < -0.3 is 0 Å². The maximum atomic E-state index is 2.89. The Balaban J connectivity index is 3.20. The van der Waals surface area contributed by atoms with E-state index in [0.29, 0.717) is 15.1 Å². The summed E-state index contributed by atoms with van der Waals surface area (Å²) >= 11 is -1.51. The van der Waals surface area contributed by atoms with E-state index >= 15 is 0 Å². The van der Waals surface area contributed by atoms with E-state index < -0.39 is 62.6 Å². The normalized spacial score (nSPS) is 26.0. The first-order valence-corrected chi connectivity index (χ1v) is 53.5. The fourth-order valence-corrected chi connectivity index (χ4v) is 99.3. The molecule has 6 unspecified atom stereocenters. The van der Waals surface area contributed by atoms with E-state index in [1.165, 1.54) is 38.5 Å². The first kappa shape index (κ1) is 78.1. The second kappa shape index (κ2) is 29.6. The van der Waals surface area contributed by atoms with Gasteiger partial charge in [0.05, 0.1) is 0 Å².